The molecule has 0 aromatic carbocycles. The van der Waals surface area contributed by atoms with Gasteiger partial charge >= 0.3 is 6.18 Å². The quantitative estimate of drug-likeness (QED) is 0.739. The predicted octanol–water partition coefficient (Wildman–Crippen LogP) is 2.34. The van der Waals surface area contributed by atoms with Crippen molar-refractivity contribution in [2.75, 3.05) is 20.2 Å². The largest absolute Gasteiger partial charge is 0.391 e. The van der Waals surface area contributed by atoms with Crippen LogP contribution in [0.5, 0.6) is 0 Å². The lowest BCUT2D eigenvalue weighted by Crippen LogP contribution is -2.31. The molecule has 0 aromatic heterocycles. The molecule has 0 radical (unpaired) electrons. The Kier molecular flexibility index (Phi) is 4.86. The average Bonchev–Trinajstić information content (AvgIpc) is 3.02. The van der Waals surface area contributed by atoms with Gasteiger partial charge < -0.3 is 10.1 Å². The van der Waals surface area contributed by atoms with Gasteiger partial charge in [-0.2, -0.15) is 13.2 Å². The second kappa shape index (κ2) is 5.70. The fraction of sp³-hybridized carbons (Fsp3) is 1.00. The van der Waals surface area contributed by atoms with Gasteiger partial charge in [-0.15, -0.1) is 0 Å². The van der Waals surface area contributed by atoms with Crippen LogP contribution < -0.4 is 5.32 Å². The summed E-state index contributed by atoms with van der Waals surface area (Å²) in [5.41, 5.74) is 0. The lowest BCUT2D eigenvalue weighted by molar-refractivity contribution is -0.147. The van der Waals surface area contributed by atoms with Crippen molar-refractivity contribution < 1.29 is 17.9 Å². The van der Waals surface area contributed by atoms with Crippen molar-refractivity contribution in [3.05, 3.63) is 0 Å². The predicted molar refractivity (Wildman–Crippen MR) is 51.7 cm³/mol. The molecule has 1 aliphatic heterocycles. The maximum Gasteiger partial charge on any atom is 0.391 e. The zero-order valence-electron chi connectivity index (χ0n) is 8.94. The zero-order valence-corrected chi connectivity index (χ0v) is 8.94. The summed E-state index contributed by atoms with van der Waals surface area (Å²) in [4.78, 5) is 0. The third-order valence-corrected chi connectivity index (χ3v) is 2.66. The molecule has 1 aliphatic carbocycles. The highest BCUT2D eigenvalue weighted by molar-refractivity contribution is 4.79. The van der Waals surface area contributed by atoms with Crippen LogP contribution in [0.25, 0.3) is 0 Å². The number of nitrogens with one attached hydrogen (secondary N) is 1. The summed E-state index contributed by atoms with van der Waals surface area (Å²) < 4.78 is 38.9. The van der Waals surface area contributed by atoms with Crippen molar-refractivity contribution in [2.45, 2.75) is 38.0 Å². The van der Waals surface area contributed by atoms with Gasteiger partial charge in [-0.1, -0.05) is 0 Å². The van der Waals surface area contributed by atoms with E-state index < -0.39 is 12.1 Å². The van der Waals surface area contributed by atoms with Crippen LogP contribution in [0.2, 0.25) is 0 Å². The lowest BCUT2D eigenvalue weighted by Gasteiger charge is -2.20. The van der Waals surface area contributed by atoms with Gasteiger partial charge in [0.1, 0.15) is 0 Å². The molecular weight excluding hydrogens is 207 g/mol. The van der Waals surface area contributed by atoms with Crippen molar-refractivity contribution in [2.24, 2.45) is 5.92 Å². The highest BCUT2D eigenvalue weighted by Crippen LogP contribution is 2.43. The van der Waals surface area contributed by atoms with E-state index in [1.807, 2.05) is 0 Å². The van der Waals surface area contributed by atoms with Crippen LogP contribution in [-0.2, 0) is 4.74 Å². The first-order valence-electron chi connectivity index (χ1n) is 5.34. The van der Waals surface area contributed by atoms with Crippen LogP contribution in [-0.4, -0.2) is 32.5 Å². The summed E-state index contributed by atoms with van der Waals surface area (Å²) in [7, 11) is 1.79. The zero-order chi connectivity index (χ0) is 11.3. The molecule has 1 saturated carbocycles. The Hall–Kier alpha value is -0.290. The highest BCUT2D eigenvalue weighted by atomic mass is 19.4. The van der Waals surface area contributed by atoms with Gasteiger partial charge in [-0.3, -0.25) is 0 Å². The first-order valence-corrected chi connectivity index (χ1v) is 5.34. The molecule has 15 heavy (non-hydrogen) atoms. The van der Waals surface area contributed by atoms with E-state index in [4.69, 9.17) is 4.74 Å². The summed E-state index contributed by atoms with van der Waals surface area (Å²) in [6.07, 6.45) is -0.309. The summed E-state index contributed by atoms with van der Waals surface area (Å²) >= 11 is 0. The van der Waals surface area contributed by atoms with E-state index in [0.717, 1.165) is 13.1 Å². The lowest BCUT2D eigenvalue weighted by atomic mass is 10.1. The maximum atomic E-state index is 11.2. The van der Waals surface area contributed by atoms with Crippen LogP contribution in [0.1, 0.15) is 25.7 Å². The molecule has 0 atom stereocenters. The number of rotatable bonds is 1. The van der Waals surface area contributed by atoms with Gasteiger partial charge in [-0.05, 0) is 38.8 Å². The minimum Gasteiger partial charge on any atom is -0.381 e. The second-order valence-corrected chi connectivity index (χ2v) is 4.00. The normalized spacial score (nSPS) is 23.2. The third kappa shape index (κ3) is 5.37. The monoisotopic (exact) mass is 225 g/mol. The topological polar surface area (TPSA) is 21.3 Å². The molecule has 0 spiro atoms. The number of hydrogen-bond donors (Lipinski definition) is 1. The number of hydrogen-bond acceptors (Lipinski definition) is 2. The Labute approximate surface area is 88.2 Å². The Balaban J connectivity index is 0.000000151. The number of piperidine rings is 1. The summed E-state index contributed by atoms with van der Waals surface area (Å²) in [6.45, 7) is 2.25. The van der Waals surface area contributed by atoms with E-state index in [1.165, 1.54) is 12.8 Å². The standard InChI is InChI=1S/C6H13NO.C4H5F3/c1-8-6-2-4-7-5-3-6;5-4(6,7)3-1-2-3/h6-7H,2-5H2,1H3;3H,1-2H2. The van der Waals surface area contributed by atoms with Crippen LogP contribution in [0.4, 0.5) is 13.2 Å². The molecule has 1 heterocycles. The van der Waals surface area contributed by atoms with E-state index >= 15 is 0 Å². The molecule has 90 valence electrons. The molecular formula is C10H18F3NO. The van der Waals surface area contributed by atoms with E-state index in [0.29, 0.717) is 18.9 Å². The smallest absolute Gasteiger partial charge is 0.381 e. The van der Waals surface area contributed by atoms with Crippen LogP contribution in [0.15, 0.2) is 0 Å². The molecule has 2 nitrogen and oxygen atoms in total. The Morgan fingerprint density at radius 3 is 1.80 bits per heavy atom. The van der Waals surface area contributed by atoms with Crippen LogP contribution >= 0.6 is 0 Å². The van der Waals surface area contributed by atoms with E-state index in [9.17, 15) is 13.2 Å². The van der Waals surface area contributed by atoms with Gasteiger partial charge in [0.2, 0.25) is 0 Å². The fourth-order valence-corrected chi connectivity index (χ4v) is 1.44. The summed E-state index contributed by atoms with van der Waals surface area (Å²) in [5.74, 6) is -0.951. The Bertz CT molecular complexity index is 174. The van der Waals surface area contributed by atoms with Gasteiger partial charge in [0.05, 0.1) is 12.0 Å². The molecule has 2 aliphatic rings. The number of alkyl halides is 3. The van der Waals surface area contributed by atoms with Crippen molar-refractivity contribution in [3.8, 4) is 0 Å². The van der Waals surface area contributed by atoms with Gasteiger partial charge in [-0.25, -0.2) is 0 Å². The van der Waals surface area contributed by atoms with Crippen molar-refractivity contribution in [3.63, 3.8) is 0 Å². The average molecular weight is 225 g/mol. The molecule has 0 unspecified atom stereocenters. The van der Waals surface area contributed by atoms with E-state index in [1.54, 1.807) is 7.11 Å². The maximum absolute atomic E-state index is 11.2. The van der Waals surface area contributed by atoms with Gasteiger partial charge in [0.25, 0.3) is 0 Å². The third-order valence-electron chi connectivity index (χ3n) is 2.66. The molecule has 1 N–H and O–H groups in total. The highest BCUT2D eigenvalue weighted by Gasteiger charge is 2.46. The van der Waals surface area contributed by atoms with Crippen LogP contribution in [0.3, 0.4) is 0 Å². The first kappa shape index (κ1) is 12.8. The molecule has 0 amide bonds. The van der Waals surface area contributed by atoms with Crippen molar-refractivity contribution in [1.29, 1.82) is 0 Å². The SMILES string of the molecule is COC1CCNCC1.FC(F)(F)C1CC1. The number of halogens is 3. The number of ether oxygens (including phenoxy) is 1. The molecule has 0 aromatic rings. The van der Waals surface area contributed by atoms with E-state index in [-0.39, 0.29) is 0 Å². The molecule has 2 fully saturated rings. The van der Waals surface area contributed by atoms with Crippen molar-refractivity contribution in [1.82, 2.24) is 5.32 Å². The minimum absolute atomic E-state index is 0.351. The molecule has 1 saturated heterocycles. The van der Waals surface area contributed by atoms with Gasteiger partial charge in [0.15, 0.2) is 0 Å². The molecule has 2 rings (SSSR count). The summed E-state index contributed by atoms with van der Waals surface area (Å²) in [5, 5.41) is 3.27. The summed E-state index contributed by atoms with van der Waals surface area (Å²) in [6, 6.07) is 0. The Morgan fingerprint density at radius 1 is 1.07 bits per heavy atom. The number of methoxy groups -OCH3 is 1. The minimum atomic E-state index is -3.89. The molecule has 5 heteroatoms. The van der Waals surface area contributed by atoms with Crippen molar-refractivity contribution >= 4 is 0 Å². The second-order valence-electron chi connectivity index (χ2n) is 4.00. The fourth-order valence-electron chi connectivity index (χ4n) is 1.44. The Morgan fingerprint density at radius 2 is 1.60 bits per heavy atom. The van der Waals surface area contributed by atoms with Crippen LogP contribution in [0, 0.1) is 5.92 Å². The molecule has 0 bridgehead atoms. The first-order chi connectivity index (χ1) is 7.04. The van der Waals surface area contributed by atoms with Gasteiger partial charge in [0, 0.05) is 7.11 Å². The van der Waals surface area contributed by atoms with E-state index in [2.05, 4.69) is 5.32 Å².